The summed E-state index contributed by atoms with van der Waals surface area (Å²) in [5, 5.41) is 9.19. The van der Waals surface area contributed by atoms with Crippen LogP contribution in [0, 0.1) is 11.3 Å². The molecule has 0 saturated heterocycles. The van der Waals surface area contributed by atoms with Crippen molar-refractivity contribution in [2.75, 3.05) is 13.2 Å². The van der Waals surface area contributed by atoms with Gasteiger partial charge in [-0.05, 0) is 12.0 Å². The number of nitrogens with two attached hydrogens (primary N) is 1. The lowest BCUT2D eigenvalue weighted by Crippen LogP contribution is -2.40. The number of nitriles is 1. The molecule has 0 aliphatic heterocycles. The van der Waals surface area contributed by atoms with E-state index in [9.17, 15) is 5.26 Å². The first-order chi connectivity index (χ1) is 8.23. The molecule has 1 aromatic rings. The van der Waals surface area contributed by atoms with Crippen LogP contribution in [-0.2, 0) is 10.3 Å². The number of unbranched alkanes of at least 4 members (excludes halogenated alkanes) is 2. The van der Waals surface area contributed by atoms with Gasteiger partial charge in [-0.15, -0.1) is 0 Å². The molecule has 0 bridgehead atoms. The molecular weight excluding hydrogens is 212 g/mol. The molecule has 0 fully saturated rings. The first kappa shape index (κ1) is 13.7. The van der Waals surface area contributed by atoms with Crippen LogP contribution in [0.3, 0.4) is 0 Å². The Morgan fingerprint density at radius 3 is 2.59 bits per heavy atom. The van der Waals surface area contributed by atoms with E-state index in [-0.39, 0.29) is 6.61 Å². The molecule has 1 rings (SSSR count). The fourth-order valence-electron chi connectivity index (χ4n) is 1.60. The van der Waals surface area contributed by atoms with Crippen molar-refractivity contribution in [2.24, 2.45) is 5.73 Å². The molecule has 0 radical (unpaired) electrons. The molecule has 2 N–H and O–H groups in total. The Hall–Kier alpha value is -1.37. The van der Waals surface area contributed by atoms with E-state index in [0.29, 0.717) is 6.61 Å². The highest BCUT2D eigenvalue weighted by Crippen LogP contribution is 2.17. The Labute approximate surface area is 103 Å². The van der Waals surface area contributed by atoms with Crippen molar-refractivity contribution < 1.29 is 4.74 Å². The molecule has 0 saturated carbocycles. The Morgan fingerprint density at radius 2 is 2.00 bits per heavy atom. The largest absolute Gasteiger partial charge is 0.378 e. The third-order valence-corrected chi connectivity index (χ3v) is 2.71. The molecule has 0 amide bonds. The van der Waals surface area contributed by atoms with Crippen LogP contribution in [-0.4, -0.2) is 13.2 Å². The van der Waals surface area contributed by atoms with Gasteiger partial charge in [-0.1, -0.05) is 50.1 Å². The molecule has 1 atom stereocenters. The fraction of sp³-hybridized carbons (Fsp3) is 0.500. The second kappa shape index (κ2) is 7.05. The summed E-state index contributed by atoms with van der Waals surface area (Å²) in [6.07, 6.45) is 3.33. The van der Waals surface area contributed by atoms with Crippen molar-refractivity contribution in [3.63, 3.8) is 0 Å². The summed E-state index contributed by atoms with van der Waals surface area (Å²) in [7, 11) is 0. The summed E-state index contributed by atoms with van der Waals surface area (Å²) in [5.41, 5.74) is 5.82. The summed E-state index contributed by atoms with van der Waals surface area (Å²) in [4.78, 5) is 0. The molecular formula is C14H20N2O. The first-order valence-electron chi connectivity index (χ1n) is 6.06. The Bertz CT molecular complexity index is 358. The zero-order chi connectivity index (χ0) is 12.6. The maximum atomic E-state index is 9.19. The van der Waals surface area contributed by atoms with E-state index >= 15 is 0 Å². The number of hydrogen-bond donors (Lipinski definition) is 1. The van der Waals surface area contributed by atoms with Gasteiger partial charge in [0.25, 0.3) is 0 Å². The van der Waals surface area contributed by atoms with Crippen LogP contribution in [0.5, 0.6) is 0 Å². The molecule has 17 heavy (non-hydrogen) atoms. The number of hydrogen-bond acceptors (Lipinski definition) is 3. The molecule has 0 aliphatic carbocycles. The quantitative estimate of drug-likeness (QED) is 0.735. The van der Waals surface area contributed by atoms with Crippen LogP contribution in [0.2, 0.25) is 0 Å². The highest BCUT2D eigenvalue weighted by Gasteiger charge is 2.27. The molecule has 92 valence electrons. The molecule has 0 heterocycles. The molecule has 0 aromatic heterocycles. The van der Waals surface area contributed by atoms with Gasteiger partial charge in [0.1, 0.15) is 0 Å². The van der Waals surface area contributed by atoms with E-state index in [1.54, 1.807) is 0 Å². The highest BCUT2D eigenvalue weighted by molar-refractivity contribution is 5.30. The average molecular weight is 232 g/mol. The van der Waals surface area contributed by atoms with E-state index in [2.05, 4.69) is 13.0 Å². The summed E-state index contributed by atoms with van der Waals surface area (Å²) in [5.74, 6) is 0. The van der Waals surface area contributed by atoms with E-state index in [0.717, 1.165) is 24.8 Å². The summed E-state index contributed by atoms with van der Waals surface area (Å²) in [6, 6.07) is 11.5. The van der Waals surface area contributed by atoms with Crippen molar-refractivity contribution in [1.82, 2.24) is 0 Å². The number of ether oxygens (including phenoxy) is 1. The van der Waals surface area contributed by atoms with Gasteiger partial charge in [0.15, 0.2) is 5.54 Å². The summed E-state index contributed by atoms with van der Waals surface area (Å²) < 4.78 is 5.50. The van der Waals surface area contributed by atoms with Gasteiger partial charge in [-0.3, -0.25) is 0 Å². The number of rotatable bonds is 7. The maximum absolute atomic E-state index is 9.19. The zero-order valence-corrected chi connectivity index (χ0v) is 10.4. The first-order valence-corrected chi connectivity index (χ1v) is 6.06. The van der Waals surface area contributed by atoms with Gasteiger partial charge < -0.3 is 10.5 Å². The Morgan fingerprint density at radius 1 is 1.29 bits per heavy atom. The Kier molecular flexibility index (Phi) is 5.68. The second-order valence-electron chi connectivity index (χ2n) is 4.21. The van der Waals surface area contributed by atoms with E-state index in [1.807, 2.05) is 30.3 Å². The monoisotopic (exact) mass is 232 g/mol. The molecule has 3 heteroatoms. The average Bonchev–Trinajstić information content (AvgIpc) is 2.39. The minimum atomic E-state index is -1.03. The van der Waals surface area contributed by atoms with Crippen molar-refractivity contribution in [2.45, 2.75) is 31.7 Å². The third-order valence-electron chi connectivity index (χ3n) is 2.71. The molecule has 0 aliphatic rings. The van der Waals surface area contributed by atoms with Crippen LogP contribution in [0.4, 0.5) is 0 Å². The highest BCUT2D eigenvalue weighted by atomic mass is 16.5. The van der Waals surface area contributed by atoms with Crippen molar-refractivity contribution in [3.05, 3.63) is 35.9 Å². The van der Waals surface area contributed by atoms with Crippen molar-refractivity contribution in [3.8, 4) is 6.07 Å². The summed E-state index contributed by atoms with van der Waals surface area (Å²) >= 11 is 0. The molecule has 1 unspecified atom stereocenters. The smallest absolute Gasteiger partial charge is 0.153 e. The molecule has 3 nitrogen and oxygen atoms in total. The van der Waals surface area contributed by atoms with Gasteiger partial charge in [-0.25, -0.2) is 0 Å². The van der Waals surface area contributed by atoms with Crippen molar-refractivity contribution >= 4 is 0 Å². The topological polar surface area (TPSA) is 59.0 Å². The van der Waals surface area contributed by atoms with Gasteiger partial charge in [0.05, 0.1) is 12.7 Å². The standard InChI is InChI=1S/C14H20N2O/c1-2-3-7-10-17-12-14(16,11-15)13-8-5-4-6-9-13/h4-6,8-9H,2-3,7,10,12,16H2,1H3. The molecule has 1 aromatic carbocycles. The van der Waals surface area contributed by atoms with Gasteiger partial charge in [-0.2, -0.15) is 5.26 Å². The molecule has 0 spiro atoms. The van der Waals surface area contributed by atoms with Crippen LogP contribution in [0.1, 0.15) is 31.7 Å². The van der Waals surface area contributed by atoms with E-state index in [1.165, 1.54) is 0 Å². The lowest BCUT2D eigenvalue weighted by atomic mass is 9.94. The third kappa shape index (κ3) is 4.18. The minimum Gasteiger partial charge on any atom is -0.378 e. The lowest BCUT2D eigenvalue weighted by molar-refractivity contribution is 0.0991. The normalized spacial score (nSPS) is 13.9. The summed E-state index contributed by atoms with van der Waals surface area (Å²) in [6.45, 7) is 3.06. The van der Waals surface area contributed by atoms with Gasteiger partial charge >= 0.3 is 0 Å². The number of nitrogens with zero attached hydrogens (tertiary/aromatic N) is 1. The SMILES string of the molecule is CCCCCOCC(N)(C#N)c1ccccc1. The van der Waals surface area contributed by atoms with Crippen molar-refractivity contribution in [1.29, 1.82) is 5.26 Å². The minimum absolute atomic E-state index is 0.247. The Balaban J connectivity index is 2.50. The van der Waals surface area contributed by atoms with Crippen LogP contribution < -0.4 is 5.73 Å². The van der Waals surface area contributed by atoms with Crippen LogP contribution in [0.25, 0.3) is 0 Å². The van der Waals surface area contributed by atoms with Crippen LogP contribution in [0.15, 0.2) is 30.3 Å². The maximum Gasteiger partial charge on any atom is 0.153 e. The van der Waals surface area contributed by atoms with Crippen LogP contribution >= 0.6 is 0 Å². The fourth-order valence-corrected chi connectivity index (χ4v) is 1.60. The predicted molar refractivity (Wildman–Crippen MR) is 68.3 cm³/mol. The predicted octanol–water partition coefficient (Wildman–Crippen LogP) is 2.57. The van der Waals surface area contributed by atoms with E-state index in [4.69, 9.17) is 10.5 Å². The van der Waals surface area contributed by atoms with Gasteiger partial charge in [0, 0.05) is 6.61 Å². The zero-order valence-electron chi connectivity index (χ0n) is 10.4. The van der Waals surface area contributed by atoms with Gasteiger partial charge in [0.2, 0.25) is 0 Å². The van der Waals surface area contributed by atoms with E-state index < -0.39 is 5.54 Å². The lowest BCUT2D eigenvalue weighted by Gasteiger charge is -2.21. The number of benzene rings is 1. The second-order valence-corrected chi connectivity index (χ2v) is 4.21.